The molecule has 0 radical (unpaired) electrons. The van der Waals surface area contributed by atoms with Crippen molar-refractivity contribution in [2.75, 3.05) is 7.11 Å². The lowest BCUT2D eigenvalue weighted by Crippen LogP contribution is -2.34. The molecule has 1 unspecified atom stereocenters. The predicted molar refractivity (Wildman–Crippen MR) is 110 cm³/mol. The summed E-state index contributed by atoms with van der Waals surface area (Å²) in [5.74, 6) is 0.950. The van der Waals surface area contributed by atoms with E-state index in [1.807, 2.05) is 58.0 Å². The average molecular weight is 377 g/mol. The van der Waals surface area contributed by atoms with Crippen molar-refractivity contribution in [2.45, 2.75) is 84.2 Å². The Hall–Kier alpha value is -1.65. The monoisotopic (exact) mass is 376 g/mol. The van der Waals surface area contributed by atoms with Crippen molar-refractivity contribution in [1.29, 1.82) is 0 Å². The molecule has 4 nitrogen and oxygen atoms in total. The van der Waals surface area contributed by atoms with Crippen LogP contribution in [0.15, 0.2) is 36.9 Å². The summed E-state index contributed by atoms with van der Waals surface area (Å²) in [6.07, 6.45) is 6.44. The molecule has 27 heavy (non-hydrogen) atoms. The molecular weight excluding hydrogens is 340 g/mol. The number of ether oxygens (including phenoxy) is 3. The molecule has 1 aromatic carbocycles. The molecule has 1 atom stereocenters. The van der Waals surface area contributed by atoms with Crippen LogP contribution in [0.1, 0.15) is 65.4 Å². The van der Waals surface area contributed by atoms with E-state index in [-0.39, 0.29) is 18.0 Å². The van der Waals surface area contributed by atoms with E-state index in [1.54, 1.807) is 7.11 Å². The van der Waals surface area contributed by atoms with E-state index in [9.17, 15) is 4.79 Å². The van der Waals surface area contributed by atoms with Crippen molar-refractivity contribution in [1.82, 2.24) is 0 Å². The summed E-state index contributed by atoms with van der Waals surface area (Å²) < 4.78 is 16.9. The molecule has 0 aliphatic carbocycles. The lowest BCUT2D eigenvalue weighted by Gasteiger charge is -2.24. The van der Waals surface area contributed by atoms with Crippen LogP contribution < -0.4 is 4.74 Å². The summed E-state index contributed by atoms with van der Waals surface area (Å²) in [7, 11) is 1.64. The standard InChI is InChI=1S/C23H36O4/c1-7-10-21(27-18(2)3)11-8-9-12-22(24)23(4,5)26-17-19-13-15-20(25-6)16-14-19/h7,13-16,18,21H,1,8-12,17H2,2-6H3. The number of methoxy groups -OCH3 is 1. The maximum absolute atomic E-state index is 12.5. The zero-order valence-electron chi connectivity index (χ0n) is 17.6. The highest BCUT2D eigenvalue weighted by Crippen LogP contribution is 2.20. The zero-order chi connectivity index (χ0) is 20.3. The molecule has 0 N–H and O–H groups in total. The number of ketones is 1. The minimum absolute atomic E-state index is 0.140. The van der Waals surface area contributed by atoms with Gasteiger partial charge in [0.1, 0.15) is 11.4 Å². The van der Waals surface area contributed by atoms with Crippen molar-refractivity contribution >= 4 is 5.78 Å². The quantitative estimate of drug-likeness (QED) is 0.318. The van der Waals surface area contributed by atoms with Gasteiger partial charge in [-0.1, -0.05) is 24.6 Å². The summed E-state index contributed by atoms with van der Waals surface area (Å²) in [6, 6.07) is 7.69. The Balaban J connectivity index is 2.37. The Kier molecular flexibility index (Phi) is 10.3. The molecule has 0 bridgehead atoms. The van der Waals surface area contributed by atoms with Gasteiger partial charge in [-0.3, -0.25) is 4.79 Å². The van der Waals surface area contributed by atoms with Crippen LogP contribution in [0.3, 0.4) is 0 Å². The number of rotatable bonds is 14. The van der Waals surface area contributed by atoms with E-state index in [0.717, 1.165) is 37.0 Å². The summed E-state index contributed by atoms with van der Waals surface area (Å²) >= 11 is 0. The van der Waals surface area contributed by atoms with Gasteiger partial charge in [0.2, 0.25) is 0 Å². The number of carbonyl (C=O) groups is 1. The minimum Gasteiger partial charge on any atom is -0.497 e. The van der Waals surface area contributed by atoms with E-state index < -0.39 is 5.60 Å². The topological polar surface area (TPSA) is 44.8 Å². The molecule has 0 saturated heterocycles. The van der Waals surface area contributed by atoms with E-state index in [1.165, 1.54) is 0 Å². The Labute approximate surface area is 164 Å². The Morgan fingerprint density at radius 2 is 1.85 bits per heavy atom. The number of hydrogen-bond acceptors (Lipinski definition) is 4. The third kappa shape index (κ3) is 9.21. The summed E-state index contributed by atoms with van der Waals surface area (Å²) in [5, 5.41) is 0. The SMILES string of the molecule is C=CCC(CCCCC(=O)C(C)(C)OCc1ccc(OC)cc1)OC(C)C. The molecule has 0 aliphatic heterocycles. The van der Waals surface area contributed by atoms with Crippen LogP contribution in [0, 0.1) is 0 Å². The minimum atomic E-state index is -0.783. The molecule has 1 rings (SSSR count). The van der Waals surface area contributed by atoms with Gasteiger partial charge in [0.15, 0.2) is 5.78 Å². The van der Waals surface area contributed by atoms with Gasteiger partial charge in [0.25, 0.3) is 0 Å². The third-order valence-electron chi connectivity index (χ3n) is 4.50. The first-order chi connectivity index (χ1) is 12.8. The van der Waals surface area contributed by atoms with Gasteiger partial charge in [0, 0.05) is 6.42 Å². The summed E-state index contributed by atoms with van der Waals surface area (Å²) in [6.45, 7) is 12.0. The Bertz CT molecular complexity index is 560. The molecular formula is C23H36O4. The fourth-order valence-electron chi connectivity index (χ4n) is 2.84. The fourth-order valence-corrected chi connectivity index (χ4v) is 2.84. The van der Waals surface area contributed by atoms with E-state index in [2.05, 4.69) is 6.58 Å². The van der Waals surface area contributed by atoms with Gasteiger partial charge in [0.05, 0.1) is 25.9 Å². The molecule has 0 aliphatic rings. The van der Waals surface area contributed by atoms with Crippen molar-refractivity contribution < 1.29 is 19.0 Å². The van der Waals surface area contributed by atoms with Gasteiger partial charge in [-0.2, -0.15) is 0 Å². The average Bonchev–Trinajstić information content (AvgIpc) is 2.63. The normalized spacial score (nSPS) is 12.8. The lowest BCUT2D eigenvalue weighted by molar-refractivity contribution is -0.142. The van der Waals surface area contributed by atoms with Gasteiger partial charge < -0.3 is 14.2 Å². The summed E-state index contributed by atoms with van der Waals surface area (Å²) in [4.78, 5) is 12.5. The molecule has 0 fully saturated rings. The van der Waals surface area contributed by atoms with Crippen LogP contribution in [0.5, 0.6) is 5.75 Å². The fraction of sp³-hybridized carbons (Fsp3) is 0.609. The van der Waals surface area contributed by atoms with E-state index in [0.29, 0.717) is 13.0 Å². The molecule has 0 aromatic heterocycles. The molecule has 1 aromatic rings. The van der Waals surface area contributed by atoms with E-state index in [4.69, 9.17) is 14.2 Å². The van der Waals surface area contributed by atoms with Crippen molar-refractivity contribution in [3.8, 4) is 5.75 Å². The molecule has 0 amide bonds. The number of hydrogen-bond donors (Lipinski definition) is 0. The number of Topliss-reactive ketones (excluding diaryl/α,β-unsaturated/α-hetero) is 1. The first-order valence-electron chi connectivity index (χ1n) is 9.85. The van der Waals surface area contributed by atoms with Crippen molar-refractivity contribution in [3.05, 3.63) is 42.5 Å². The van der Waals surface area contributed by atoms with Crippen LogP contribution in [0.25, 0.3) is 0 Å². The van der Waals surface area contributed by atoms with Crippen molar-refractivity contribution in [3.63, 3.8) is 0 Å². The number of unbranched alkanes of at least 4 members (excludes halogenated alkanes) is 1. The van der Waals surface area contributed by atoms with Gasteiger partial charge >= 0.3 is 0 Å². The second kappa shape index (κ2) is 11.9. The maximum atomic E-state index is 12.5. The van der Waals surface area contributed by atoms with E-state index >= 15 is 0 Å². The second-order valence-electron chi connectivity index (χ2n) is 7.65. The molecule has 152 valence electrons. The van der Waals surface area contributed by atoms with Gasteiger partial charge in [-0.15, -0.1) is 6.58 Å². The predicted octanol–water partition coefficient (Wildman–Crippen LogP) is 5.49. The maximum Gasteiger partial charge on any atom is 0.164 e. The van der Waals surface area contributed by atoms with Crippen LogP contribution >= 0.6 is 0 Å². The first kappa shape index (κ1) is 23.4. The Morgan fingerprint density at radius 3 is 2.41 bits per heavy atom. The highest BCUT2D eigenvalue weighted by Gasteiger charge is 2.27. The highest BCUT2D eigenvalue weighted by atomic mass is 16.5. The zero-order valence-corrected chi connectivity index (χ0v) is 17.6. The number of benzene rings is 1. The molecule has 0 saturated carbocycles. The van der Waals surface area contributed by atoms with Crippen molar-refractivity contribution in [2.24, 2.45) is 0 Å². The van der Waals surface area contributed by atoms with Gasteiger partial charge in [-0.05, 0) is 64.7 Å². The smallest absolute Gasteiger partial charge is 0.164 e. The highest BCUT2D eigenvalue weighted by molar-refractivity contribution is 5.86. The third-order valence-corrected chi connectivity index (χ3v) is 4.50. The summed E-state index contributed by atoms with van der Waals surface area (Å²) in [5.41, 5.74) is 0.240. The van der Waals surface area contributed by atoms with Crippen LogP contribution in [0.2, 0.25) is 0 Å². The molecule has 0 heterocycles. The van der Waals surface area contributed by atoms with Gasteiger partial charge in [-0.25, -0.2) is 0 Å². The number of carbonyl (C=O) groups excluding carboxylic acids is 1. The van der Waals surface area contributed by atoms with Crippen LogP contribution in [0.4, 0.5) is 0 Å². The largest absolute Gasteiger partial charge is 0.497 e. The van der Waals surface area contributed by atoms with Crippen LogP contribution in [-0.4, -0.2) is 30.7 Å². The van der Waals surface area contributed by atoms with Crippen LogP contribution in [-0.2, 0) is 20.9 Å². The lowest BCUT2D eigenvalue weighted by atomic mass is 9.97. The molecule has 0 spiro atoms. The molecule has 4 heteroatoms. The second-order valence-corrected chi connectivity index (χ2v) is 7.65. The first-order valence-corrected chi connectivity index (χ1v) is 9.85. The Morgan fingerprint density at radius 1 is 1.19 bits per heavy atom.